The van der Waals surface area contributed by atoms with Crippen molar-refractivity contribution in [2.75, 3.05) is 0 Å². The van der Waals surface area contributed by atoms with Gasteiger partial charge in [0.1, 0.15) is 0 Å². The first-order valence-corrected chi connectivity index (χ1v) is 25.7. The van der Waals surface area contributed by atoms with Gasteiger partial charge in [-0.05, 0) is 10.9 Å². The summed E-state index contributed by atoms with van der Waals surface area (Å²) >= 11 is -2.31. The second-order valence-corrected chi connectivity index (χ2v) is 28.0. The van der Waals surface area contributed by atoms with Crippen LogP contribution in [-0.4, -0.2) is 31.3 Å². The van der Waals surface area contributed by atoms with Gasteiger partial charge < -0.3 is 4.98 Å². The molecule has 1 aliphatic heterocycles. The SMILES string of the molecule is C[Si](C)(C)c1ccc(-c2[c-]cccc2)nc1.Cc1cnc(-c2[c-]ccc3c2oc2c[c]4c(cc23)-c2cccc[c]2[Ge]4([CH3])[CH3])cc1C.[Ir]. The minimum Gasteiger partial charge on any atom is 0 e. The van der Waals surface area contributed by atoms with Crippen LogP contribution < -0.4 is 14.0 Å². The smallest absolute Gasteiger partial charge is 0 e. The molecule has 237 valence electrons. The molecular weight excluding hydrogens is 829 g/mol. The molecule has 3 aromatic heterocycles. The third kappa shape index (κ3) is 6.11. The molecule has 1 aliphatic rings. The molecule has 6 heteroatoms. The Morgan fingerprint density at radius 1 is 0.681 bits per heavy atom. The first-order valence-electron chi connectivity index (χ1n) is 15.9. The van der Waals surface area contributed by atoms with Gasteiger partial charge in [-0.2, -0.15) is 0 Å². The quantitative estimate of drug-likeness (QED) is 0.132. The van der Waals surface area contributed by atoms with Crippen LogP contribution in [0.2, 0.25) is 31.2 Å². The Bertz CT molecular complexity index is 2240. The summed E-state index contributed by atoms with van der Waals surface area (Å²) in [6.07, 6.45) is 3.95. The maximum Gasteiger partial charge on any atom is 0 e. The molecule has 0 saturated heterocycles. The summed E-state index contributed by atoms with van der Waals surface area (Å²) in [7, 11) is -1.23. The normalized spacial score (nSPS) is 13.0. The maximum atomic E-state index is 6.48. The molecule has 0 saturated carbocycles. The van der Waals surface area contributed by atoms with Crippen LogP contribution in [0.3, 0.4) is 0 Å². The van der Waals surface area contributed by atoms with E-state index in [4.69, 9.17) is 4.42 Å². The van der Waals surface area contributed by atoms with Gasteiger partial charge in [-0.1, -0.05) is 31.8 Å². The number of fused-ring (bicyclic) bond motifs is 6. The predicted molar refractivity (Wildman–Crippen MR) is 199 cm³/mol. The number of rotatable bonds is 3. The molecule has 0 spiro atoms. The van der Waals surface area contributed by atoms with E-state index in [1.165, 1.54) is 37.2 Å². The van der Waals surface area contributed by atoms with E-state index in [2.05, 4.69) is 128 Å². The molecule has 4 heterocycles. The van der Waals surface area contributed by atoms with E-state index in [0.29, 0.717) is 0 Å². The summed E-state index contributed by atoms with van der Waals surface area (Å²) < 4.78 is 9.56. The fraction of sp³-hybridized carbons (Fsp3) is 0.171. The number of furan rings is 1. The summed E-state index contributed by atoms with van der Waals surface area (Å²) in [6, 6.07) is 38.7. The van der Waals surface area contributed by atoms with Gasteiger partial charge in [0.2, 0.25) is 0 Å². The van der Waals surface area contributed by atoms with Crippen molar-refractivity contribution in [1.29, 1.82) is 0 Å². The van der Waals surface area contributed by atoms with Crippen molar-refractivity contribution in [2.45, 2.75) is 45.0 Å². The minimum atomic E-state index is -2.31. The Labute approximate surface area is 295 Å². The zero-order valence-corrected chi connectivity index (χ0v) is 33.4. The van der Waals surface area contributed by atoms with Crippen molar-refractivity contribution in [2.24, 2.45) is 0 Å². The molecule has 1 radical (unpaired) electrons. The van der Waals surface area contributed by atoms with E-state index in [1.54, 1.807) is 4.40 Å². The second kappa shape index (κ2) is 12.8. The summed E-state index contributed by atoms with van der Waals surface area (Å²) in [6.45, 7) is 11.2. The van der Waals surface area contributed by atoms with E-state index >= 15 is 0 Å². The van der Waals surface area contributed by atoms with Gasteiger partial charge in [-0.25, -0.2) is 0 Å². The molecule has 0 amide bonds. The molecule has 4 aromatic carbocycles. The van der Waals surface area contributed by atoms with E-state index < -0.39 is 21.3 Å². The van der Waals surface area contributed by atoms with Crippen LogP contribution in [0.5, 0.6) is 0 Å². The van der Waals surface area contributed by atoms with E-state index in [-0.39, 0.29) is 20.1 Å². The summed E-state index contributed by atoms with van der Waals surface area (Å²) in [5.41, 5.74) is 11.0. The minimum absolute atomic E-state index is 0. The third-order valence-corrected chi connectivity index (χ3v) is 18.8. The predicted octanol–water partition coefficient (Wildman–Crippen LogP) is 8.96. The van der Waals surface area contributed by atoms with Crippen molar-refractivity contribution in [3.05, 3.63) is 127 Å². The van der Waals surface area contributed by atoms with Crippen LogP contribution >= 0.6 is 0 Å². The van der Waals surface area contributed by atoms with Crippen LogP contribution in [0.15, 0.2) is 108 Å². The number of benzene rings is 4. The average Bonchev–Trinajstić information content (AvgIpc) is 3.53. The summed E-state index contributed by atoms with van der Waals surface area (Å²) in [5.74, 6) is 4.97. The topological polar surface area (TPSA) is 38.9 Å². The van der Waals surface area contributed by atoms with Gasteiger partial charge in [0, 0.05) is 26.3 Å². The molecule has 0 atom stereocenters. The molecule has 0 unspecified atom stereocenters. The van der Waals surface area contributed by atoms with Crippen LogP contribution in [0.1, 0.15) is 11.1 Å². The average molecular weight is 868 g/mol. The van der Waals surface area contributed by atoms with Gasteiger partial charge in [0.15, 0.2) is 0 Å². The zero-order valence-electron chi connectivity index (χ0n) is 28.0. The van der Waals surface area contributed by atoms with Crippen molar-refractivity contribution >= 4 is 57.3 Å². The molecular formula is C41H38GeIrN2OSi-2. The standard InChI is InChI=1S/C27H22GeNO.C14H16NSi.Ir/c1-16-12-25(29-15-17(16)2)20-10-7-9-19-22-13-21-18-8-5-6-11-23(18)28(3,4)24(21)14-26(22)30-27(19)20;1-16(2,3)13-9-10-14(15-11-13)12-7-5-4-6-8-12;/h5-9,11-15H,1-4H3;4-7,9-11H,1-3H3;/q2*-1;. The van der Waals surface area contributed by atoms with Gasteiger partial charge in [0.25, 0.3) is 0 Å². The Balaban J connectivity index is 0.000000194. The number of hydrogen-bond donors (Lipinski definition) is 0. The van der Waals surface area contributed by atoms with Gasteiger partial charge in [0.05, 0.1) is 8.07 Å². The number of aromatic nitrogens is 2. The van der Waals surface area contributed by atoms with Crippen LogP contribution in [0.25, 0.3) is 55.6 Å². The van der Waals surface area contributed by atoms with Crippen LogP contribution in [0, 0.1) is 26.0 Å². The molecule has 0 fully saturated rings. The van der Waals surface area contributed by atoms with Gasteiger partial charge in [-0.3, -0.25) is 0 Å². The number of hydrogen-bond acceptors (Lipinski definition) is 3. The number of nitrogens with zero attached hydrogens (tertiary/aromatic N) is 2. The van der Waals surface area contributed by atoms with Crippen molar-refractivity contribution in [3.8, 4) is 33.6 Å². The Hall–Kier alpha value is -3.61. The summed E-state index contributed by atoms with van der Waals surface area (Å²) in [4.78, 5) is 9.18. The molecule has 0 N–H and O–H groups in total. The van der Waals surface area contributed by atoms with Gasteiger partial charge in [-0.15, -0.1) is 35.9 Å². The first-order chi connectivity index (χ1) is 22.0. The molecule has 0 aliphatic carbocycles. The van der Waals surface area contributed by atoms with Crippen molar-refractivity contribution in [1.82, 2.24) is 9.97 Å². The molecule has 0 bridgehead atoms. The largest absolute Gasteiger partial charge is 0 e. The first kappa shape index (κ1) is 33.3. The fourth-order valence-electron chi connectivity index (χ4n) is 6.44. The monoisotopic (exact) mass is 869 g/mol. The molecule has 7 aromatic rings. The van der Waals surface area contributed by atoms with Crippen molar-refractivity contribution in [3.63, 3.8) is 0 Å². The Kier molecular flexibility index (Phi) is 9.05. The van der Waals surface area contributed by atoms with E-state index in [1.807, 2.05) is 42.7 Å². The number of aryl methyl sites for hydroxylation is 2. The number of pyridine rings is 2. The van der Waals surface area contributed by atoms with E-state index in [9.17, 15) is 0 Å². The second-order valence-electron chi connectivity index (χ2n) is 13.9. The Morgan fingerprint density at radius 2 is 1.45 bits per heavy atom. The maximum absolute atomic E-state index is 6.48. The zero-order chi connectivity index (χ0) is 32.2. The summed E-state index contributed by atoms with van der Waals surface area (Å²) in [5, 5.41) is 3.71. The van der Waals surface area contributed by atoms with Crippen LogP contribution in [0.4, 0.5) is 0 Å². The Morgan fingerprint density at radius 3 is 2.15 bits per heavy atom. The van der Waals surface area contributed by atoms with Crippen LogP contribution in [-0.2, 0) is 20.1 Å². The van der Waals surface area contributed by atoms with Crippen molar-refractivity contribution < 1.29 is 24.5 Å². The van der Waals surface area contributed by atoms with Gasteiger partial charge >= 0.3 is 179 Å². The molecule has 3 nitrogen and oxygen atoms in total. The molecule has 8 rings (SSSR count). The molecule has 47 heavy (non-hydrogen) atoms. The third-order valence-electron chi connectivity index (χ3n) is 9.38. The fourth-order valence-corrected chi connectivity index (χ4v) is 13.9. The van der Waals surface area contributed by atoms with E-state index in [0.717, 1.165) is 39.1 Å².